The molecule has 30 heteroatoms. The van der Waals surface area contributed by atoms with E-state index in [2.05, 4.69) is 50.1 Å². The van der Waals surface area contributed by atoms with Gasteiger partial charge >= 0.3 is 16.5 Å². The van der Waals surface area contributed by atoms with Crippen molar-refractivity contribution in [3.8, 4) is 5.75 Å². The number of anilines is 4. The standard InChI is InChI=1S/C28H29FN9O15S4.Cu/c1-38(9-11-54(41,42)12-10-53-57(49,50)51)28-32-26(29)31-27(33-28)30-22-14-20(56(46,47)48)15-23(24(22)39)35-37-25(17-5-3-2-4-6-17)36-34-21-13-19(55(43,44)45)8-7-18(21)16-52-40;/h2-8,13-16,34,39-40H,9-12H2,1H3,(H,43,44,45)(H,46,47,48)(H,49,50,51)(H,30,31,32,33);/q-1;/b36-25-,37-35?;. The van der Waals surface area contributed by atoms with Gasteiger partial charge in [-0.25, -0.2) is 12.6 Å². The second-order valence-corrected chi connectivity index (χ2v) is 17.3. The van der Waals surface area contributed by atoms with Crippen molar-refractivity contribution in [1.82, 2.24) is 15.0 Å². The van der Waals surface area contributed by atoms with Gasteiger partial charge in [0.15, 0.2) is 21.4 Å². The van der Waals surface area contributed by atoms with E-state index in [0.717, 1.165) is 29.7 Å². The molecule has 0 aliphatic carbocycles. The van der Waals surface area contributed by atoms with Gasteiger partial charge in [-0.15, -0.1) is 15.8 Å². The number of aromatic hydroxyl groups is 1. The predicted octanol–water partition coefficient (Wildman–Crippen LogP) is 2.18. The number of amidine groups is 1. The second kappa shape index (κ2) is 19.6. The van der Waals surface area contributed by atoms with Crippen LogP contribution in [0, 0.1) is 12.7 Å². The first-order valence-electron chi connectivity index (χ1n) is 15.2. The molecule has 0 saturated heterocycles. The molecule has 0 atom stereocenters. The first kappa shape index (κ1) is 47.4. The molecular formula is C28H29CuFN9O15S4-. The zero-order chi connectivity index (χ0) is 42.2. The van der Waals surface area contributed by atoms with Gasteiger partial charge in [0.25, 0.3) is 20.2 Å². The van der Waals surface area contributed by atoms with Gasteiger partial charge in [-0.1, -0.05) is 42.5 Å². The van der Waals surface area contributed by atoms with Gasteiger partial charge < -0.3 is 20.7 Å². The van der Waals surface area contributed by atoms with E-state index in [-0.39, 0.29) is 46.3 Å². The van der Waals surface area contributed by atoms with Gasteiger partial charge in [-0.05, 0) is 24.4 Å². The van der Waals surface area contributed by atoms with Gasteiger partial charge in [0.1, 0.15) is 5.69 Å². The van der Waals surface area contributed by atoms with Crippen molar-refractivity contribution in [2.75, 3.05) is 47.3 Å². The molecule has 319 valence electrons. The van der Waals surface area contributed by atoms with Crippen LogP contribution in [-0.2, 0) is 66.6 Å². The van der Waals surface area contributed by atoms with E-state index < -0.39 is 103 Å². The summed E-state index contributed by atoms with van der Waals surface area (Å²) in [5.74, 6) is -3.74. The normalized spacial score (nSPS) is 12.6. The molecule has 0 bridgehead atoms. The Hall–Kier alpha value is -4.98. The zero-order valence-corrected chi connectivity index (χ0v) is 33.1. The molecule has 0 saturated carbocycles. The molecule has 0 aliphatic heterocycles. The molecule has 1 radical (unpaired) electrons. The summed E-state index contributed by atoms with van der Waals surface area (Å²) < 4.78 is 140. The number of halogens is 1. The SMILES string of the molecule is CN(CCS(=O)(=O)CCOS(=O)(=O)O)c1nc(F)nc(Nc2cc(S(=O)(=O)O)cc(N=N/C(=N\Nc3cc(S(=O)(=O)O)ccc3[CH-]OO)c3ccccc3)c2O)n1.[Cu]. The minimum atomic E-state index is -5.04. The first-order valence-corrected chi connectivity index (χ1v) is 21.2. The van der Waals surface area contributed by atoms with Gasteiger partial charge in [-0.2, -0.15) is 55.8 Å². The number of nitrogens with one attached hydrogen (secondary N) is 2. The maximum atomic E-state index is 14.5. The fourth-order valence-electron chi connectivity index (χ4n) is 4.24. The third kappa shape index (κ3) is 14.1. The number of nitrogens with zero attached hydrogens (tertiary/aromatic N) is 7. The van der Waals surface area contributed by atoms with Crippen LogP contribution in [-0.4, -0.2) is 110 Å². The average molecular weight is 942 g/mol. The molecule has 1 heterocycles. The molecule has 1 aromatic heterocycles. The molecular weight excluding hydrogens is 913 g/mol. The Morgan fingerprint density at radius 1 is 0.879 bits per heavy atom. The minimum absolute atomic E-state index is 0. The van der Waals surface area contributed by atoms with E-state index in [0.29, 0.717) is 12.1 Å². The van der Waals surface area contributed by atoms with E-state index in [1.807, 2.05) is 0 Å². The predicted molar refractivity (Wildman–Crippen MR) is 195 cm³/mol. The summed E-state index contributed by atoms with van der Waals surface area (Å²) in [5.41, 5.74) is 1.39. The van der Waals surface area contributed by atoms with Crippen molar-refractivity contribution in [2.45, 2.75) is 9.79 Å². The van der Waals surface area contributed by atoms with Crippen molar-refractivity contribution < 1.29 is 88.2 Å². The summed E-state index contributed by atoms with van der Waals surface area (Å²) in [6, 6.07) is 12.2. The maximum absolute atomic E-state index is 14.5. The Labute approximate surface area is 339 Å². The maximum Gasteiger partial charge on any atom is 0.397 e. The van der Waals surface area contributed by atoms with E-state index in [1.54, 1.807) is 18.2 Å². The number of azo groups is 1. The Balaban J connectivity index is 0.00000900. The van der Waals surface area contributed by atoms with Crippen molar-refractivity contribution in [1.29, 1.82) is 0 Å². The molecule has 0 unspecified atom stereocenters. The van der Waals surface area contributed by atoms with Crippen molar-refractivity contribution in [3.05, 3.63) is 84.5 Å². The molecule has 4 aromatic rings. The summed E-state index contributed by atoms with van der Waals surface area (Å²) in [4.78, 5) is 14.5. The van der Waals surface area contributed by atoms with Crippen LogP contribution >= 0.6 is 0 Å². The van der Waals surface area contributed by atoms with Gasteiger partial charge in [0.2, 0.25) is 11.9 Å². The summed E-state index contributed by atoms with van der Waals surface area (Å²) in [7, 11) is -17.3. The second-order valence-electron chi connectivity index (χ2n) is 11.1. The molecule has 7 N–H and O–H groups in total. The van der Waals surface area contributed by atoms with Crippen molar-refractivity contribution in [3.63, 3.8) is 0 Å². The number of hydrazone groups is 1. The average Bonchev–Trinajstić information content (AvgIpc) is 3.11. The minimum Gasteiger partial charge on any atom is -0.504 e. The molecule has 58 heavy (non-hydrogen) atoms. The molecule has 0 amide bonds. The van der Waals surface area contributed by atoms with Crippen LogP contribution in [0.2, 0.25) is 0 Å². The number of sulfone groups is 1. The summed E-state index contributed by atoms with van der Waals surface area (Å²) >= 11 is 0. The van der Waals surface area contributed by atoms with E-state index in [1.165, 1.54) is 19.2 Å². The van der Waals surface area contributed by atoms with E-state index in [4.69, 9.17) is 9.81 Å². The van der Waals surface area contributed by atoms with Crippen LogP contribution in [0.25, 0.3) is 0 Å². The van der Waals surface area contributed by atoms with Crippen LogP contribution in [0.3, 0.4) is 0 Å². The molecule has 0 aliphatic rings. The third-order valence-corrected chi connectivity index (χ3v) is 10.7. The van der Waals surface area contributed by atoms with Crippen molar-refractivity contribution >= 4 is 75.3 Å². The van der Waals surface area contributed by atoms with E-state index >= 15 is 0 Å². The monoisotopic (exact) mass is 941 g/mol. The molecule has 0 fully saturated rings. The van der Waals surface area contributed by atoms with Gasteiger partial charge in [0.05, 0.1) is 33.6 Å². The summed E-state index contributed by atoms with van der Waals surface area (Å²) in [6.07, 6.45) is -1.42. The first-order chi connectivity index (χ1) is 26.5. The zero-order valence-electron chi connectivity index (χ0n) is 28.9. The largest absolute Gasteiger partial charge is 0.504 e. The smallest absolute Gasteiger partial charge is 0.397 e. The molecule has 0 spiro atoms. The van der Waals surface area contributed by atoms with Crippen LogP contribution < -0.4 is 15.6 Å². The third-order valence-electron chi connectivity index (χ3n) is 6.98. The number of aromatic nitrogens is 3. The molecule has 4 rings (SSSR count). The van der Waals surface area contributed by atoms with E-state index in [9.17, 15) is 52.3 Å². The van der Waals surface area contributed by atoms with Crippen LogP contribution in [0.4, 0.5) is 33.3 Å². The number of phenols is 1. The number of rotatable bonds is 18. The fourth-order valence-corrected chi connectivity index (χ4v) is 6.77. The number of hydrogen-bond acceptors (Lipinski definition) is 20. The molecule has 3 aromatic carbocycles. The fraction of sp³-hybridized carbons (Fsp3) is 0.179. The molecule has 24 nitrogen and oxygen atoms in total. The van der Waals surface area contributed by atoms with Crippen LogP contribution in [0.5, 0.6) is 5.75 Å². The topological polar surface area (TPSA) is 359 Å². The Kier molecular flexibility index (Phi) is 16.1. The quantitative estimate of drug-likeness (QED) is 0.00865. The van der Waals surface area contributed by atoms with Gasteiger partial charge in [0, 0.05) is 36.2 Å². The van der Waals surface area contributed by atoms with Gasteiger partial charge in [-0.3, -0.25) is 23.8 Å². The Morgan fingerprint density at radius 2 is 1.53 bits per heavy atom. The summed E-state index contributed by atoms with van der Waals surface area (Å²) in [6.45, 7) is -0.464. The number of phenolic OH excluding ortho intramolecular Hbond substituents is 1. The van der Waals surface area contributed by atoms with Crippen molar-refractivity contribution in [2.24, 2.45) is 15.3 Å². The number of benzene rings is 3. The number of hydrogen-bond donors (Lipinski definition) is 7. The Morgan fingerprint density at radius 3 is 2.16 bits per heavy atom. The van der Waals surface area contributed by atoms with Crippen LogP contribution in [0.15, 0.2) is 85.8 Å². The summed E-state index contributed by atoms with van der Waals surface area (Å²) in [5, 5.41) is 34.3. The van der Waals surface area contributed by atoms with Crippen LogP contribution in [0.1, 0.15) is 11.1 Å². The Bertz CT molecular complexity index is 2630.